The number of aryl methyl sites for hydroxylation is 3. The van der Waals surface area contributed by atoms with Crippen molar-refractivity contribution < 1.29 is 4.79 Å². The highest BCUT2D eigenvalue weighted by Gasteiger charge is 2.21. The molecule has 146 valence electrons. The average Bonchev–Trinajstić information content (AvgIpc) is 2.73. The minimum absolute atomic E-state index is 0.0391. The summed E-state index contributed by atoms with van der Waals surface area (Å²) in [7, 11) is 0. The second-order valence-corrected chi connectivity index (χ2v) is 7.67. The normalized spacial score (nSPS) is 11.9. The third-order valence-corrected chi connectivity index (χ3v) is 5.07. The maximum absolute atomic E-state index is 12.6. The first-order valence-electron chi connectivity index (χ1n) is 10.1. The van der Waals surface area contributed by atoms with Crippen molar-refractivity contribution in [1.82, 2.24) is 9.97 Å². The second kappa shape index (κ2) is 8.39. The molecule has 0 bridgehead atoms. The van der Waals surface area contributed by atoms with Crippen LogP contribution in [-0.2, 0) is 24.1 Å². The molecule has 1 amide bonds. The molecular weight excluding hydrogens is 358 g/mol. The lowest BCUT2D eigenvalue weighted by Crippen LogP contribution is -2.17. The van der Waals surface area contributed by atoms with Crippen LogP contribution in [0.1, 0.15) is 42.8 Å². The van der Waals surface area contributed by atoms with Gasteiger partial charge in [0, 0.05) is 12.0 Å². The van der Waals surface area contributed by atoms with Crippen LogP contribution in [0, 0.1) is 0 Å². The van der Waals surface area contributed by atoms with Crippen LogP contribution in [-0.4, -0.2) is 15.9 Å². The zero-order valence-corrected chi connectivity index (χ0v) is 16.9. The predicted octanol–water partition coefficient (Wildman–Crippen LogP) is 5.24. The molecule has 0 atom stereocenters. The number of rotatable bonds is 5. The van der Waals surface area contributed by atoms with E-state index in [0.717, 1.165) is 40.9 Å². The van der Waals surface area contributed by atoms with Crippen molar-refractivity contribution in [3.8, 4) is 11.3 Å². The van der Waals surface area contributed by atoms with Crippen LogP contribution in [0.5, 0.6) is 0 Å². The third-order valence-electron chi connectivity index (χ3n) is 5.07. The van der Waals surface area contributed by atoms with Gasteiger partial charge in [-0.25, -0.2) is 9.97 Å². The fourth-order valence-corrected chi connectivity index (χ4v) is 3.66. The van der Waals surface area contributed by atoms with Gasteiger partial charge < -0.3 is 5.32 Å². The number of hydrogen-bond acceptors (Lipinski definition) is 3. The van der Waals surface area contributed by atoms with Gasteiger partial charge in [0.05, 0.1) is 11.4 Å². The summed E-state index contributed by atoms with van der Waals surface area (Å²) in [5, 5.41) is 3.00. The van der Waals surface area contributed by atoms with Crippen molar-refractivity contribution in [3.63, 3.8) is 0 Å². The average molecular weight is 383 g/mol. The van der Waals surface area contributed by atoms with E-state index in [0.29, 0.717) is 24.4 Å². The topological polar surface area (TPSA) is 54.9 Å². The number of benzene rings is 2. The van der Waals surface area contributed by atoms with Gasteiger partial charge in [0.2, 0.25) is 5.91 Å². The van der Waals surface area contributed by atoms with E-state index in [1.807, 2.05) is 56.3 Å². The molecule has 1 N–H and O–H groups in total. The molecule has 29 heavy (non-hydrogen) atoms. The molecule has 1 aliphatic rings. The number of allylic oxidation sites excluding steroid dienone is 1. The van der Waals surface area contributed by atoms with Gasteiger partial charge in [0.15, 0.2) is 5.82 Å². The summed E-state index contributed by atoms with van der Waals surface area (Å²) in [5.41, 5.74) is 7.32. The molecule has 1 heterocycles. The summed E-state index contributed by atoms with van der Waals surface area (Å²) in [4.78, 5) is 22.3. The van der Waals surface area contributed by atoms with Crippen molar-refractivity contribution in [2.45, 2.75) is 39.5 Å². The Hall–Kier alpha value is -3.27. The monoisotopic (exact) mass is 383 g/mol. The van der Waals surface area contributed by atoms with E-state index in [2.05, 4.69) is 23.5 Å². The molecule has 0 spiro atoms. The summed E-state index contributed by atoms with van der Waals surface area (Å²) in [6.45, 7) is 4.05. The van der Waals surface area contributed by atoms with Gasteiger partial charge in [-0.15, -0.1) is 0 Å². The van der Waals surface area contributed by atoms with Crippen molar-refractivity contribution in [2.24, 2.45) is 0 Å². The Morgan fingerprint density at radius 1 is 1.00 bits per heavy atom. The van der Waals surface area contributed by atoms with E-state index in [4.69, 9.17) is 9.97 Å². The van der Waals surface area contributed by atoms with Crippen LogP contribution in [0.2, 0.25) is 0 Å². The maximum atomic E-state index is 12.6. The van der Waals surface area contributed by atoms with Crippen LogP contribution in [0.15, 0.2) is 60.2 Å². The number of amides is 1. The molecule has 0 radical (unpaired) electrons. The van der Waals surface area contributed by atoms with E-state index in [9.17, 15) is 4.79 Å². The lowest BCUT2D eigenvalue weighted by molar-refractivity contribution is -0.116. The number of nitrogens with zero attached hydrogens (tertiary/aromatic N) is 2. The zero-order valence-electron chi connectivity index (χ0n) is 16.9. The van der Waals surface area contributed by atoms with E-state index in [1.54, 1.807) is 0 Å². The lowest BCUT2D eigenvalue weighted by atomic mass is 9.92. The molecule has 0 aliphatic heterocycles. The molecule has 4 rings (SSSR count). The first-order chi connectivity index (χ1) is 14.1. The Kier molecular flexibility index (Phi) is 5.52. The molecule has 0 fully saturated rings. The number of carbonyl (C=O) groups excluding carboxylic acids is 1. The number of fused-ring (bicyclic) bond motifs is 3. The van der Waals surface area contributed by atoms with Crippen LogP contribution >= 0.6 is 0 Å². The summed E-state index contributed by atoms with van der Waals surface area (Å²) < 4.78 is 0. The van der Waals surface area contributed by atoms with Gasteiger partial charge in [-0.2, -0.15) is 0 Å². The molecule has 0 unspecified atom stereocenters. The summed E-state index contributed by atoms with van der Waals surface area (Å²) in [6.07, 6.45) is 4.89. The Morgan fingerprint density at radius 3 is 2.55 bits per heavy atom. The molecule has 0 saturated carbocycles. The Morgan fingerprint density at radius 2 is 1.76 bits per heavy atom. The molecule has 3 aromatic rings. The van der Waals surface area contributed by atoms with Gasteiger partial charge in [0.25, 0.3) is 0 Å². The summed E-state index contributed by atoms with van der Waals surface area (Å²) in [6, 6.07) is 18.4. The van der Waals surface area contributed by atoms with Crippen molar-refractivity contribution in [1.29, 1.82) is 0 Å². The van der Waals surface area contributed by atoms with Crippen LogP contribution in [0.3, 0.4) is 0 Å². The van der Waals surface area contributed by atoms with Crippen LogP contribution < -0.4 is 5.32 Å². The number of aromatic nitrogens is 2. The highest BCUT2D eigenvalue weighted by molar-refractivity contribution is 5.92. The molecular formula is C25H25N3O. The predicted molar refractivity (Wildman–Crippen MR) is 118 cm³/mol. The quantitative estimate of drug-likeness (QED) is 0.656. The van der Waals surface area contributed by atoms with Gasteiger partial charge in [0.1, 0.15) is 5.69 Å². The van der Waals surface area contributed by atoms with E-state index in [-0.39, 0.29) is 5.91 Å². The zero-order chi connectivity index (χ0) is 20.2. The molecule has 2 aromatic carbocycles. The fraction of sp³-hybridized carbons (Fsp3) is 0.240. The number of hydrogen-bond donors (Lipinski definition) is 1. The molecule has 4 heteroatoms. The maximum Gasteiger partial charge on any atom is 0.225 e. The minimum Gasteiger partial charge on any atom is -0.309 e. The SMILES string of the molecule is CC(C)=Cc1nc2c(nc1NC(=O)CCc1ccccc1)CCc1ccccc1-2. The van der Waals surface area contributed by atoms with Gasteiger partial charge in [-0.3, -0.25) is 4.79 Å². The first kappa shape index (κ1) is 19.1. The van der Waals surface area contributed by atoms with E-state index < -0.39 is 0 Å². The van der Waals surface area contributed by atoms with Crippen molar-refractivity contribution in [2.75, 3.05) is 5.32 Å². The van der Waals surface area contributed by atoms with Gasteiger partial charge in [-0.1, -0.05) is 60.2 Å². The second-order valence-electron chi connectivity index (χ2n) is 7.67. The highest BCUT2D eigenvalue weighted by atomic mass is 16.1. The summed E-state index contributed by atoms with van der Waals surface area (Å²) >= 11 is 0. The standard InChI is InChI=1S/C25H25N3O/c1-17(2)16-22-25(28-23(29)15-12-18-8-4-3-5-9-18)27-21-14-13-19-10-6-7-11-20(19)24(21)26-22/h3-11,16H,12-15H2,1-2H3,(H,27,28,29). The van der Waals surface area contributed by atoms with Gasteiger partial charge in [-0.05, 0) is 50.3 Å². The third kappa shape index (κ3) is 4.43. The fourth-order valence-electron chi connectivity index (χ4n) is 3.66. The Balaban J connectivity index is 1.61. The molecule has 0 saturated heterocycles. The van der Waals surface area contributed by atoms with Crippen LogP contribution in [0.4, 0.5) is 5.82 Å². The number of anilines is 1. The summed E-state index contributed by atoms with van der Waals surface area (Å²) in [5.74, 6) is 0.519. The largest absolute Gasteiger partial charge is 0.309 e. The van der Waals surface area contributed by atoms with Crippen LogP contribution in [0.25, 0.3) is 17.3 Å². The van der Waals surface area contributed by atoms with Crippen molar-refractivity contribution >= 4 is 17.8 Å². The minimum atomic E-state index is -0.0391. The Labute approximate surface area is 171 Å². The number of nitrogens with one attached hydrogen (secondary N) is 1. The molecule has 1 aromatic heterocycles. The molecule has 1 aliphatic carbocycles. The van der Waals surface area contributed by atoms with E-state index in [1.165, 1.54) is 5.56 Å². The van der Waals surface area contributed by atoms with Gasteiger partial charge >= 0.3 is 0 Å². The first-order valence-corrected chi connectivity index (χ1v) is 10.1. The van der Waals surface area contributed by atoms with Crippen molar-refractivity contribution in [3.05, 3.63) is 82.7 Å². The Bertz CT molecular complexity index is 1070. The number of carbonyl (C=O) groups is 1. The molecule has 4 nitrogen and oxygen atoms in total. The highest BCUT2D eigenvalue weighted by Crippen LogP contribution is 2.33. The lowest BCUT2D eigenvalue weighted by Gasteiger charge is -2.20. The smallest absolute Gasteiger partial charge is 0.225 e. The van der Waals surface area contributed by atoms with E-state index >= 15 is 0 Å².